The Morgan fingerprint density at radius 3 is 2.20 bits per heavy atom. The summed E-state index contributed by atoms with van der Waals surface area (Å²) in [5.41, 5.74) is 0. The van der Waals surface area contributed by atoms with Crippen LogP contribution in [0.15, 0.2) is 0 Å². The molecule has 2 heteroatoms. The van der Waals surface area contributed by atoms with Gasteiger partial charge in [0.05, 0.1) is 0 Å². The Hall–Kier alpha value is 0.440. The third kappa shape index (κ3) is 5.91. The molecule has 1 aliphatic rings. The Labute approximate surface area is 104 Å². The van der Waals surface area contributed by atoms with Gasteiger partial charge in [0.1, 0.15) is 0 Å². The second-order valence-corrected chi connectivity index (χ2v) is 5.52. The second-order valence-electron chi connectivity index (χ2n) is 4.88. The van der Waals surface area contributed by atoms with Gasteiger partial charge in [0, 0.05) is 11.9 Å². The van der Waals surface area contributed by atoms with E-state index in [1.807, 2.05) is 0 Å². The van der Waals surface area contributed by atoms with Gasteiger partial charge in [0.25, 0.3) is 0 Å². The number of alkyl halides is 1. The lowest BCUT2D eigenvalue weighted by Crippen LogP contribution is -2.33. The molecule has 1 unspecified atom stereocenters. The van der Waals surface area contributed by atoms with E-state index < -0.39 is 0 Å². The summed E-state index contributed by atoms with van der Waals surface area (Å²) in [6.07, 6.45) is 9.89. The fourth-order valence-electron chi connectivity index (χ4n) is 2.49. The number of likely N-dealkylation sites (tertiary alicyclic amines) is 1. The minimum Gasteiger partial charge on any atom is -0.303 e. The van der Waals surface area contributed by atoms with Crippen molar-refractivity contribution in [2.75, 3.05) is 25.0 Å². The maximum atomic E-state index is 3.65. The highest BCUT2D eigenvalue weighted by Crippen LogP contribution is 2.15. The monoisotopic (exact) mass is 275 g/mol. The van der Waals surface area contributed by atoms with Gasteiger partial charge in [-0.3, -0.25) is 0 Å². The van der Waals surface area contributed by atoms with E-state index in [1.165, 1.54) is 69.9 Å². The van der Waals surface area contributed by atoms with Gasteiger partial charge in [0.15, 0.2) is 0 Å². The molecule has 0 radical (unpaired) electrons. The first-order chi connectivity index (χ1) is 7.36. The zero-order valence-electron chi connectivity index (χ0n) is 10.2. The van der Waals surface area contributed by atoms with Gasteiger partial charge < -0.3 is 4.90 Å². The SMILES string of the molecule is CCCC(CBr)CN1CCCCCCC1. The molecule has 1 saturated heterocycles. The lowest BCUT2D eigenvalue weighted by molar-refractivity contribution is 0.214. The van der Waals surface area contributed by atoms with Gasteiger partial charge in [-0.1, -0.05) is 48.5 Å². The van der Waals surface area contributed by atoms with Gasteiger partial charge in [0.2, 0.25) is 0 Å². The van der Waals surface area contributed by atoms with Crippen molar-refractivity contribution in [3.05, 3.63) is 0 Å². The fraction of sp³-hybridized carbons (Fsp3) is 1.00. The average molecular weight is 276 g/mol. The van der Waals surface area contributed by atoms with Crippen LogP contribution in [0.5, 0.6) is 0 Å². The maximum absolute atomic E-state index is 3.65. The summed E-state index contributed by atoms with van der Waals surface area (Å²) in [6.45, 7) is 6.29. The quantitative estimate of drug-likeness (QED) is 0.684. The van der Waals surface area contributed by atoms with Crippen molar-refractivity contribution in [1.82, 2.24) is 4.90 Å². The topological polar surface area (TPSA) is 3.24 Å². The zero-order valence-corrected chi connectivity index (χ0v) is 11.8. The maximum Gasteiger partial charge on any atom is 0.00718 e. The van der Waals surface area contributed by atoms with Crippen molar-refractivity contribution in [2.24, 2.45) is 5.92 Å². The normalized spacial score (nSPS) is 22.0. The summed E-state index contributed by atoms with van der Waals surface area (Å²) in [5, 5.41) is 1.18. The number of halogens is 1. The molecule has 0 aromatic carbocycles. The van der Waals surface area contributed by atoms with Crippen LogP contribution in [-0.2, 0) is 0 Å². The molecule has 1 aliphatic heterocycles. The molecule has 1 fully saturated rings. The molecule has 0 amide bonds. The molecule has 1 rings (SSSR count). The molecule has 15 heavy (non-hydrogen) atoms. The van der Waals surface area contributed by atoms with Gasteiger partial charge in [-0.15, -0.1) is 0 Å². The van der Waals surface area contributed by atoms with Crippen molar-refractivity contribution in [1.29, 1.82) is 0 Å². The first-order valence-corrected chi connectivity index (χ1v) is 7.77. The minimum absolute atomic E-state index is 0.870. The van der Waals surface area contributed by atoms with E-state index in [9.17, 15) is 0 Å². The Balaban J connectivity index is 2.26. The summed E-state index contributed by atoms with van der Waals surface area (Å²) in [5.74, 6) is 0.870. The minimum atomic E-state index is 0.870. The summed E-state index contributed by atoms with van der Waals surface area (Å²) < 4.78 is 0. The molecule has 1 atom stereocenters. The molecular formula is C13H26BrN. The van der Waals surface area contributed by atoms with Crippen molar-refractivity contribution in [2.45, 2.75) is 51.9 Å². The number of hydrogen-bond donors (Lipinski definition) is 0. The smallest absolute Gasteiger partial charge is 0.00718 e. The Bertz CT molecular complexity index is 141. The predicted molar refractivity (Wildman–Crippen MR) is 71.7 cm³/mol. The van der Waals surface area contributed by atoms with Crippen LogP contribution in [0.2, 0.25) is 0 Å². The largest absolute Gasteiger partial charge is 0.303 e. The van der Waals surface area contributed by atoms with Crippen molar-refractivity contribution < 1.29 is 0 Å². The van der Waals surface area contributed by atoms with E-state index in [2.05, 4.69) is 27.8 Å². The Morgan fingerprint density at radius 2 is 1.67 bits per heavy atom. The molecule has 1 nitrogen and oxygen atoms in total. The molecule has 1 heterocycles. The van der Waals surface area contributed by atoms with E-state index in [4.69, 9.17) is 0 Å². The van der Waals surface area contributed by atoms with Crippen LogP contribution in [0.1, 0.15) is 51.9 Å². The molecule has 0 spiro atoms. The molecule has 90 valence electrons. The summed E-state index contributed by atoms with van der Waals surface area (Å²) >= 11 is 3.65. The van der Waals surface area contributed by atoms with Gasteiger partial charge in [-0.05, 0) is 38.3 Å². The van der Waals surface area contributed by atoms with Crippen LogP contribution in [0.25, 0.3) is 0 Å². The van der Waals surface area contributed by atoms with Crippen molar-refractivity contribution in [3.63, 3.8) is 0 Å². The number of nitrogens with zero attached hydrogens (tertiary/aromatic N) is 1. The first-order valence-electron chi connectivity index (χ1n) is 6.65. The third-order valence-corrected chi connectivity index (χ3v) is 4.30. The van der Waals surface area contributed by atoms with E-state index in [0.717, 1.165) is 5.92 Å². The second kappa shape index (κ2) is 8.58. The highest BCUT2D eigenvalue weighted by Gasteiger charge is 2.13. The molecule has 0 aliphatic carbocycles. The number of hydrogen-bond acceptors (Lipinski definition) is 1. The standard InChI is InChI=1S/C13H26BrN/c1-2-8-13(11-14)12-15-9-6-4-3-5-7-10-15/h13H,2-12H2,1H3. The van der Waals surface area contributed by atoms with Gasteiger partial charge in [-0.2, -0.15) is 0 Å². The van der Waals surface area contributed by atoms with E-state index in [-0.39, 0.29) is 0 Å². The lowest BCUT2D eigenvalue weighted by atomic mass is 10.0. The summed E-state index contributed by atoms with van der Waals surface area (Å²) in [4.78, 5) is 2.70. The molecule has 0 bridgehead atoms. The van der Waals surface area contributed by atoms with Crippen LogP contribution in [0, 0.1) is 5.92 Å². The van der Waals surface area contributed by atoms with Gasteiger partial charge >= 0.3 is 0 Å². The molecule has 0 aromatic heterocycles. The highest BCUT2D eigenvalue weighted by molar-refractivity contribution is 9.09. The van der Waals surface area contributed by atoms with Crippen LogP contribution in [0.3, 0.4) is 0 Å². The van der Waals surface area contributed by atoms with Crippen LogP contribution in [0.4, 0.5) is 0 Å². The van der Waals surface area contributed by atoms with Crippen LogP contribution < -0.4 is 0 Å². The number of rotatable bonds is 5. The first kappa shape index (κ1) is 13.5. The van der Waals surface area contributed by atoms with Crippen molar-refractivity contribution >= 4 is 15.9 Å². The zero-order chi connectivity index (χ0) is 10.9. The van der Waals surface area contributed by atoms with Crippen LogP contribution in [-0.4, -0.2) is 29.9 Å². The molecule has 0 N–H and O–H groups in total. The molecule has 0 saturated carbocycles. The van der Waals surface area contributed by atoms with E-state index in [0.29, 0.717) is 0 Å². The van der Waals surface area contributed by atoms with Crippen LogP contribution >= 0.6 is 15.9 Å². The summed E-state index contributed by atoms with van der Waals surface area (Å²) in [6, 6.07) is 0. The predicted octanol–water partition coefficient (Wildman–Crippen LogP) is 4.06. The molecule has 0 aromatic rings. The van der Waals surface area contributed by atoms with E-state index >= 15 is 0 Å². The lowest BCUT2D eigenvalue weighted by Gasteiger charge is -2.28. The Kier molecular flexibility index (Phi) is 7.72. The Morgan fingerprint density at radius 1 is 1.07 bits per heavy atom. The van der Waals surface area contributed by atoms with E-state index in [1.54, 1.807) is 0 Å². The van der Waals surface area contributed by atoms with Gasteiger partial charge in [-0.25, -0.2) is 0 Å². The highest BCUT2D eigenvalue weighted by atomic mass is 79.9. The van der Waals surface area contributed by atoms with Crippen molar-refractivity contribution in [3.8, 4) is 0 Å². The average Bonchev–Trinajstić information content (AvgIpc) is 2.20. The third-order valence-electron chi connectivity index (χ3n) is 3.38. The molecular weight excluding hydrogens is 250 g/mol. The summed E-state index contributed by atoms with van der Waals surface area (Å²) in [7, 11) is 0. The fourth-order valence-corrected chi connectivity index (χ4v) is 3.01.